The minimum atomic E-state index is 0.483. The normalized spacial score (nSPS) is 11.4. The molecular weight excluding hydrogens is 845 g/mol. The van der Waals surface area contributed by atoms with Gasteiger partial charge in [0.15, 0.2) is 5.82 Å². The molecule has 4 aromatic heterocycles. The lowest BCUT2D eigenvalue weighted by molar-refractivity contribution is 1.15. The molecule has 69 heavy (non-hydrogen) atoms. The van der Waals surface area contributed by atoms with E-state index in [1.54, 1.807) is 0 Å². The molecule has 0 aliphatic heterocycles. The first kappa shape index (κ1) is 39.3. The summed E-state index contributed by atoms with van der Waals surface area (Å²) in [6, 6.07) is 76.7. The van der Waals surface area contributed by atoms with Gasteiger partial charge in [-0.1, -0.05) is 97.1 Å². The molecule has 0 amide bonds. The summed E-state index contributed by atoms with van der Waals surface area (Å²) in [4.78, 5) is 10.1. The fourth-order valence-electron chi connectivity index (χ4n) is 10.2. The van der Waals surface area contributed by atoms with Gasteiger partial charge in [-0.15, -0.1) is 0 Å². The molecule has 8 nitrogen and oxygen atoms in total. The first-order chi connectivity index (χ1) is 34.1. The second kappa shape index (κ2) is 15.5. The molecule has 13 rings (SSSR count). The lowest BCUT2D eigenvalue weighted by Crippen LogP contribution is -1.99. The highest BCUT2D eigenvalue weighted by Gasteiger charge is 2.21. The topological polar surface area (TPSA) is 112 Å². The van der Waals surface area contributed by atoms with Crippen LogP contribution < -0.4 is 0 Å². The maximum Gasteiger partial charge on any atom is 0.160 e. The Morgan fingerprint density at radius 3 is 1.26 bits per heavy atom. The summed E-state index contributed by atoms with van der Waals surface area (Å²) in [5, 5.41) is 36.9. The second-order valence-electron chi connectivity index (χ2n) is 17.2. The molecule has 0 radical (unpaired) electrons. The molecule has 0 atom stereocenters. The molecule has 0 spiro atoms. The number of rotatable bonds is 6. The van der Waals surface area contributed by atoms with Gasteiger partial charge in [0.05, 0.1) is 79.4 Å². The van der Waals surface area contributed by atoms with Gasteiger partial charge in [0.1, 0.15) is 0 Å². The molecule has 8 heteroatoms. The number of nitriles is 3. The maximum atomic E-state index is 11.0. The number of nitrogens with zero attached hydrogens (tertiary/aromatic N) is 8. The molecule has 0 saturated heterocycles. The second-order valence-corrected chi connectivity index (χ2v) is 17.2. The van der Waals surface area contributed by atoms with Crippen LogP contribution in [-0.4, -0.2) is 23.7 Å². The van der Waals surface area contributed by atoms with Gasteiger partial charge in [-0.3, -0.25) is 0 Å². The molecular formula is C61H34N8. The van der Waals surface area contributed by atoms with Crippen LogP contribution in [0.3, 0.4) is 0 Å². The minimum Gasteiger partial charge on any atom is -0.309 e. The van der Waals surface area contributed by atoms with Gasteiger partial charge in [0.25, 0.3) is 0 Å². The number of hydrogen-bond acceptors (Lipinski definition) is 5. The largest absolute Gasteiger partial charge is 0.309 e. The Labute approximate surface area is 395 Å². The van der Waals surface area contributed by atoms with Crippen LogP contribution >= 0.6 is 0 Å². The molecule has 0 aliphatic rings. The van der Waals surface area contributed by atoms with Crippen LogP contribution in [0.4, 0.5) is 0 Å². The Balaban J connectivity index is 1.05. The quantitative estimate of drug-likeness (QED) is 0.165. The van der Waals surface area contributed by atoms with E-state index in [9.17, 15) is 15.8 Å². The molecule has 0 aliphatic carbocycles. The number of para-hydroxylation sites is 2. The average Bonchev–Trinajstić information content (AvgIpc) is 4.05. The van der Waals surface area contributed by atoms with E-state index >= 15 is 0 Å². The Bertz CT molecular complexity index is 4150. The molecule has 0 fully saturated rings. The van der Waals surface area contributed by atoms with Gasteiger partial charge in [-0.05, 0) is 109 Å². The van der Waals surface area contributed by atoms with Crippen molar-refractivity contribution < 1.29 is 0 Å². The van der Waals surface area contributed by atoms with Crippen LogP contribution in [-0.2, 0) is 0 Å². The highest BCUT2D eigenvalue weighted by atomic mass is 15.0. The van der Waals surface area contributed by atoms with Gasteiger partial charge in [0, 0.05) is 66.1 Å². The fourth-order valence-corrected chi connectivity index (χ4v) is 10.2. The van der Waals surface area contributed by atoms with E-state index < -0.39 is 0 Å². The first-order valence-electron chi connectivity index (χ1n) is 22.6. The van der Waals surface area contributed by atoms with Crippen molar-refractivity contribution in [2.75, 3.05) is 0 Å². The summed E-state index contributed by atoms with van der Waals surface area (Å²) < 4.78 is 6.79. The van der Waals surface area contributed by atoms with Crippen LogP contribution in [0, 0.1) is 34.0 Å². The summed E-state index contributed by atoms with van der Waals surface area (Å²) >= 11 is 0. The number of aromatic nitrogens is 5. The molecule has 0 N–H and O–H groups in total. The summed E-state index contributed by atoms with van der Waals surface area (Å²) in [7, 11) is 0. The van der Waals surface area contributed by atoms with E-state index in [0.29, 0.717) is 33.8 Å². The average molecular weight is 879 g/mol. The van der Waals surface area contributed by atoms with Crippen molar-refractivity contribution >= 4 is 65.4 Å². The molecule has 4 heterocycles. The van der Waals surface area contributed by atoms with E-state index in [2.05, 4.69) is 98.6 Å². The highest BCUT2D eigenvalue weighted by molar-refractivity contribution is 6.14. The van der Waals surface area contributed by atoms with Crippen LogP contribution in [0.2, 0.25) is 0 Å². The van der Waals surface area contributed by atoms with E-state index in [-0.39, 0.29) is 0 Å². The number of fused-ring (bicyclic) bond motifs is 9. The van der Waals surface area contributed by atoms with Crippen LogP contribution in [0.15, 0.2) is 206 Å². The van der Waals surface area contributed by atoms with Crippen molar-refractivity contribution in [3.63, 3.8) is 0 Å². The number of benzene rings is 9. The standard InChI is InChI=1S/C61H34N8/c62-35-38-19-25-57-49(29-38)47-15-7-9-17-55(47)68(57)44-22-27-59-51(32-44)52-33-45(69-56-18-10-8-16-48(56)50-30-39(36-63)20-26-58(50)69)23-28-60(52)67(59)43-21-24-46(42(31-43)37-64)54-34-53(40-11-3-1-4-12-40)65-61(66-54)41-13-5-2-6-14-41/h1-34H. The van der Waals surface area contributed by atoms with Gasteiger partial charge in [-0.25, -0.2) is 9.97 Å². The van der Waals surface area contributed by atoms with Crippen molar-refractivity contribution in [3.05, 3.63) is 223 Å². The van der Waals surface area contributed by atoms with Crippen molar-refractivity contribution in [2.45, 2.75) is 0 Å². The van der Waals surface area contributed by atoms with Crippen molar-refractivity contribution in [3.8, 4) is 69.2 Å². The zero-order valence-corrected chi connectivity index (χ0v) is 36.7. The Kier molecular flexibility index (Phi) is 8.85. The maximum absolute atomic E-state index is 11.0. The van der Waals surface area contributed by atoms with Crippen molar-refractivity contribution in [2.24, 2.45) is 0 Å². The zero-order chi connectivity index (χ0) is 46.2. The monoisotopic (exact) mass is 878 g/mol. The Morgan fingerprint density at radius 2 is 0.739 bits per heavy atom. The van der Waals surface area contributed by atoms with E-state index in [1.807, 2.05) is 140 Å². The van der Waals surface area contributed by atoms with E-state index in [1.165, 1.54) is 0 Å². The number of hydrogen-bond donors (Lipinski definition) is 0. The zero-order valence-electron chi connectivity index (χ0n) is 36.7. The predicted octanol–water partition coefficient (Wildman–Crippen LogP) is 14.4. The van der Waals surface area contributed by atoms with Gasteiger partial charge < -0.3 is 13.7 Å². The molecule has 0 bridgehead atoms. The van der Waals surface area contributed by atoms with Crippen LogP contribution in [0.25, 0.3) is 116 Å². The lowest BCUT2D eigenvalue weighted by atomic mass is 10.0. The van der Waals surface area contributed by atoms with Gasteiger partial charge in [-0.2, -0.15) is 15.8 Å². The van der Waals surface area contributed by atoms with E-state index in [4.69, 9.17) is 9.97 Å². The van der Waals surface area contributed by atoms with Gasteiger partial charge in [0.2, 0.25) is 0 Å². The summed E-state index contributed by atoms with van der Waals surface area (Å²) in [6.07, 6.45) is 0. The third-order valence-electron chi connectivity index (χ3n) is 13.3. The predicted molar refractivity (Wildman–Crippen MR) is 276 cm³/mol. The summed E-state index contributed by atoms with van der Waals surface area (Å²) in [5.74, 6) is 0.580. The van der Waals surface area contributed by atoms with Crippen molar-refractivity contribution in [1.29, 1.82) is 15.8 Å². The minimum absolute atomic E-state index is 0.483. The Morgan fingerprint density at radius 1 is 0.319 bits per heavy atom. The lowest BCUT2D eigenvalue weighted by Gasteiger charge is -2.13. The summed E-state index contributed by atoms with van der Waals surface area (Å²) in [5.41, 5.74) is 14.5. The SMILES string of the molecule is N#Cc1ccc2c(c1)c1ccccc1n2-c1ccc2c(c1)c1cc(-n3c4ccccc4c4cc(C#N)ccc43)ccc1n2-c1ccc(-c2cc(-c3ccccc3)nc(-c3ccccc3)n2)c(C#N)c1. The molecule has 13 aromatic rings. The Hall–Kier alpha value is -10.1. The molecule has 0 unspecified atom stereocenters. The fraction of sp³-hybridized carbons (Fsp3) is 0. The van der Waals surface area contributed by atoms with Crippen molar-refractivity contribution in [1.82, 2.24) is 23.7 Å². The smallest absolute Gasteiger partial charge is 0.160 e. The van der Waals surface area contributed by atoms with Crippen LogP contribution in [0.5, 0.6) is 0 Å². The van der Waals surface area contributed by atoms with Crippen LogP contribution in [0.1, 0.15) is 16.7 Å². The molecule has 318 valence electrons. The third kappa shape index (κ3) is 6.20. The van der Waals surface area contributed by atoms with E-state index in [0.717, 1.165) is 99.3 Å². The first-order valence-corrected chi connectivity index (χ1v) is 22.6. The third-order valence-corrected chi connectivity index (χ3v) is 13.3. The highest BCUT2D eigenvalue weighted by Crippen LogP contribution is 2.41. The van der Waals surface area contributed by atoms with Gasteiger partial charge >= 0.3 is 0 Å². The molecule has 0 saturated carbocycles. The molecule has 9 aromatic carbocycles. The summed E-state index contributed by atoms with van der Waals surface area (Å²) in [6.45, 7) is 0.